The number of hydrogen-bond acceptors (Lipinski definition) is 2. The molecule has 1 atom stereocenters. The fourth-order valence-corrected chi connectivity index (χ4v) is 2.57. The van der Waals surface area contributed by atoms with Crippen LogP contribution < -0.4 is 0 Å². The Hall–Kier alpha value is -1.32. The summed E-state index contributed by atoms with van der Waals surface area (Å²) in [7, 11) is 0. The Morgan fingerprint density at radius 1 is 1.20 bits per heavy atom. The van der Waals surface area contributed by atoms with Crippen LogP contribution in [0.25, 0.3) is 0 Å². The number of aromatic amines is 1. The van der Waals surface area contributed by atoms with E-state index in [0.717, 1.165) is 18.7 Å². The van der Waals surface area contributed by atoms with Crippen molar-refractivity contribution in [3.05, 3.63) is 18.2 Å². The topological polar surface area (TPSA) is 66.0 Å². The number of nitrogens with one attached hydrogen (secondary N) is 1. The lowest BCUT2D eigenvalue weighted by Gasteiger charge is -2.12. The van der Waals surface area contributed by atoms with Gasteiger partial charge in [0.2, 0.25) is 0 Å². The molecule has 0 aromatic carbocycles. The number of carbonyl (C=O) groups is 1. The van der Waals surface area contributed by atoms with Crippen molar-refractivity contribution >= 4 is 5.97 Å². The lowest BCUT2D eigenvalue weighted by molar-refractivity contribution is -0.137. The minimum atomic E-state index is -0.744. The molecule has 0 fully saturated rings. The van der Waals surface area contributed by atoms with Crippen LogP contribution in [0.1, 0.15) is 82.9 Å². The minimum absolute atomic E-state index is 0.0302. The number of aliphatic carboxylic acids is 1. The molecular formula is C16H28N2O2. The highest BCUT2D eigenvalue weighted by molar-refractivity contribution is 5.67. The fourth-order valence-electron chi connectivity index (χ4n) is 2.57. The van der Waals surface area contributed by atoms with E-state index in [1.165, 1.54) is 44.9 Å². The van der Waals surface area contributed by atoms with Gasteiger partial charge in [-0.25, -0.2) is 4.98 Å². The van der Waals surface area contributed by atoms with Gasteiger partial charge in [-0.3, -0.25) is 4.79 Å². The zero-order valence-electron chi connectivity index (χ0n) is 12.6. The number of hydrogen-bond donors (Lipinski definition) is 2. The molecule has 0 saturated heterocycles. The van der Waals surface area contributed by atoms with Crippen LogP contribution in [-0.4, -0.2) is 21.0 Å². The van der Waals surface area contributed by atoms with Crippen molar-refractivity contribution in [2.75, 3.05) is 0 Å². The van der Waals surface area contributed by atoms with E-state index in [1.54, 1.807) is 12.4 Å². The monoisotopic (exact) mass is 280 g/mol. The molecule has 20 heavy (non-hydrogen) atoms. The average molecular weight is 280 g/mol. The molecule has 4 heteroatoms. The maximum Gasteiger partial charge on any atom is 0.304 e. The number of rotatable bonds is 12. The van der Waals surface area contributed by atoms with Crippen LogP contribution >= 0.6 is 0 Å². The first-order chi connectivity index (χ1) is 9.74. The highest BCUT2D eigenvalue weighted by Gasteiger charge is 2.17. The van der Waals surface area contributed by atoms with Crippen molar-refractivity contribution in [3.63, 3.8) is 0 Å². The predicted octanol–water partition coefficient (Wildman–Crippen LogP) is 4.50. The maximum atomic E-state index is 10.9. The number of carboxylic acids is 1. The molecule has 0 amide bonds. The van der Waals surface area contributed by atoms with Crippen molar-refractivity contribution < 1.29 is 9.90 Å². The molecule has 1 heterocycles. The van der Waals surface area contributed by atoms with Gasteiger partial charge in [-0.1, -0.05) is 58.3 Å². The van der Waals surface area contributed by atoms with Gasteiger partial charge in [0.15, 0.2) is 0 Å². The Kier molecular flexibility index (Phi) is 8.76. The van der Waals surface area contributed by atoms with Gasteiger partial charge in [0, 0.05) is 18.3 Å². The van der Waals surface area contributed by atoms with E-state index in [1.807, 2.05) is 0 Å². The smallest absolute Gasteiger partial charge is 0.304 e. The normalized spacial score (nSPS) is 12.4. The van der Waals surface area contributed by atoms with Gasteiger partial charge >= 0.3 is 5.97 Å². The summed E-state index contributed by atoms with van der Waals surface area (Å²) < 4.78 is 0. The van der Waals surface area contributed by atoms with Gasteiger partial charge in [0.1, 0.15) is 5.82 Å². The maximum absolute atomic E-state index is 10.9. The Morgan fingerprint density at radius 3 is 2.40 bits per heavy atom. The van der Waals surface area contributed by atoms with Gasteiger partial charge in [-0.2, -0.15) is 0 Å². The molecule has 1 aromatic heterocycles. The largest absolute Gasteiger partial charge is 0.481 e. The van der Waals surface area contributed by atoms with Crippen molar-refractivity contribution in [1.29, 1.82) is 0 Å². The second kappa shape index (κ2) is 10.5. The molecule has 0 aliphatic rings. The van der Waals surface area contributed by atoms with Crippen LogP contribution in [0, 0.1) is 0 Å². The molecule has 1 unspecified atom stereocenters. The number of nitrogens with zero attached hydrogens (tertiary/aromatic N) is 1. The number of aromatic nitrogens is 2. The molecule has 0 aliphatic carbocycles. The molecule has 4 nitrogen and oxygen atoms in total. The fraction of sp³-hybridized carbons (Fsp3) is 0.750. The molecule has 1 rings (SSSR count). The molecule has 2 N–H and O–H groups in total. The van der Waals surface area contributed by atoms with Crippen molar-refractivity contribution in [2.24, 2.45) is 0 Å². The first-order valence-corrected chi connectivity index (χ1v) is 7.95. The summed E-state index contributed by atoms with van der Waals surface area (Å²) >= 11 is 0. The van der Waals surface area contributed by atoms with Crippen LogP contribution in [0.3, 0.4) is 0 Å². The van der Waals surface area contributed by atoms with E-state index in [9.17, 15) is 4.79 Å². The highest BCUT2D eigenvalue weighted by atomic mass is 16.4. The summed E-state index contributed by atoms with van der Waals surface area (Å²) in [6.45, 7) is 2.23. The molecular weight excluding hydrogens is 252 g/mol. The van der Waals surface area contributed by atoms with E-state index >= 15 is 0 Å². The van der Waals surface area contributed by atoms with Crippen LogP contribution in [0.2, 0.25) is 0 Å². The second-order valence-electron chi connectivity index (χ2n) is 5.53. The zero-order valence-corrected chi connectivity index (χ0v) is 12.6. The van der Waals surface area contributed by atoms with Gasteiger partial charge in [-0.15, -0.1) is 0 Å². The first kappa shape index (κ1) is 16.7. The number of H-pyrrole nitrogens is 1. The van der Waals surface area contributed by atoms with Gasteiger partial charge < -0.3 is 10.1 Å². The van der Waals surface area contributed by atoms with Crippen LogP contribution in [0.15, 0.2) is 12.4 Å². The molecule has 0 aliphatic heterocycles. The molecule has 0 saturated carbocycles. The number of imidazole rings is 1. The van der Waals surface area contributed by atoms with Crippen LogP contribution in [0.5, 0.6) is 0 Å². The average Bonchev–Trinajstić information content (AvgIpc) is 2.94. The quantitative estimate of drug-likeness (QED) is 0.554. The Labute approximate surface area is 122 Å². The summed E-state index contributed by atoms with van der Waals surface area (Å²) in [6.07, 6.45) is 14.7. The van der Waals surface area contributed by atoms with Gasteiger partial charge in [0.05, 0.1) is 6.42 Å². The first-order valence-electron chi connectivity index (χ1n) is 7.95. The van der Waals surface area contributed by atoms with Crippen LogP contribution in [-0.2, 0) is 4.79 Å². The number of carboxylic acid groups (broad SMARTS) is 1. The van der Waals surface area contributed by atoms with Crippen molar-refractivity contribution in [1.82, 2.24) is 9.97 Å². The standard InChI is InChI=1S/C16H28N2O2/c1-2-3-4-5-6-7-8-9-10-14(13-15(19)20)16-17-11-12-18-16/h11-12,14H,2-10,13H2,1H3,(H,17,18)(H,19,20). The van der Waals surface area contributed by atoms with Crippen molar-refractivity contribution in [3.8, 4) is 0 Å². The Bertz CT molecular complexity index is 349. The molecule has 0 spiro atoms. The molecule has 0 radical (unpaired) electrons. The predicted molar refractivity (Wildman–Crippen MR) is 80.8 cm³/mol. The van der Waals surface area contributed by atoms with E-state index in [-0.39, 0.29) is 12.3 Å². The third-order valence-corrected chi connectivity index (χ3v) is 3.73. The lowest BCUT2D eigenvalue weighted by Crippen LogP contribution is -2.08. The summed E-state index contributed by atoms with van der Waals surface area (Å²) in [5.74, 6) is 0.101. The third-order valence-electron chi connectivity index (χ3n) is 3.73. The molecule has 1 aromatic rings. The molecule has 114 valence electrons. The highest BCUT2D eigenvalue weighted by Crippen LogP contribution is 2.23. The number of unbranched alkanes of at least 4 members (excludes halogenated alkanes) is 7. The summed E-state index contributed by atoms with van der Waals surface area (Å²) in [6, 6.07) is 0. The lowest BCUT2D eigenvalue weighted by atomic mass is 9.96. The third kappa shape index (κ3) is 7.31. The van der Waals surface area contributed by atoms with Gasteiger partial charge in [-0.05, 0) is 6.42 Å². The summed E-state index contributed by atoms with van der Waals surface area (Å²) in [4.78, 5) is 18.1. The minimum Gasteiger partial charge on any atom is -0.481 e. The second-order valence-corrected chi connectivity index (χ2v) is 5.53. The van der Waals surface area contributed by atoms with E-state index in [0.29, 0.717) is 0 Å². The van der Waals surface area contributed by atoms with Gasteiger partial charge in [0.25, 0.3) is 0 Å². The zero-order chi connectivity index (χ0) is 14.6. The van der Waals surface area contributed by atoms with E-state index in [2.05, 4.69) is 16.9 Å². The van der Waals surface area contributed by atoms with Crippen LogP contribution in [0.4, 0.5) is 0 Å². The SMILES string of the molecule is CCCCCCCCCCC(CC(=O)O)c1ncc[nH]1. The summed E-state index contributed by atoms with van der Waals surface area (Å²) in [5, 5.41) is 8.96. The van der Waals surface area contributed by atoms with E-state index < -0.39 is 5.97 Å². The van der Waals surface area contributed by atoms with Crippen molar-refractivity contribution in [2.45, 2.75) is 77.0 Å². The van der Waals surface area contributed by atoms with E-state index in [4.69, 9.17) is 5.11 Å². The molecule has 0 bridgehead atoms. The Balaban J connectivity index is 2.15. The summed E-state index contributed by atoms with van der Waals surface area (Å²) in [5.41, 5.74) is 0. The Morgan fingerprint density at radius 2 is 1.85 bits per heavy atom.